The minimum absolute atomic E-state index is 0.823. The molecule has 3 nitrogen and oxygen atoms in total. The molecule has 0 saturated carbocycles. The van der Waals surface area contributed by atoms with Gasteiger partial charge in [0.25, 0.3) is 0 Å². The fourth-order valence-corrected chi connectivity index (χ4v) is 2.47. The van der Waals surface area contributed by atoms with Gasteiger partial charge in [0.15, 0.2) is 0 Å². The van der Waals surface area contributed by atoms with Crippen molar-refractivity contribution in [3.05, 3.63) is 42.7 Å². The topological polar surface area (TPSA) is 17.4 Å². The third kappa shape index (κ3) is 2.14. The van der Waals surface area contributed by atoms with Gasteiger partial charge in [-0.2, -0.15) is 0 Å². The molecule has 1 aromatic heterocycles. The molecule has 94 valence electrons. The van der Waals surface area contributed by atoms with Crippen molar-refractivity contribution in [3.8, 4) is 11.1 Å². The molecular weight excluding hydrogens is 224 g/mol. The Morgan fingerprint density at radius 2 is 1.72 bits per heavy atom. The summed E-state index contributed by atoms with van der Waals surface area (Å²) in [5.74, 6) is 0. The van der Waals surface area contributed by atoms with Crippen LogP contribution in [-0.2, 0) is 11.8 Å². The summed E-state index contributed by atoms with van der Waals surface area (Å²) in [5, 5.41) is 0. The molecular formula is C15H18N2O. The molecule has 1 aromatic carbocycles. The second-order valence-electron chi connectivity index (χ2n) is 4.69. The molecule has 2 aromatic rings. The first kappa shape index (κ1) is 11.4. The molecule has 18 heavy (non-hydrogen) atoms. The van der Waals surface area contributed by atoms with Crippen LogP contribution in [0.3, 0.4) is 0 Å². The van der Waals surface area contributed by atoms with Crippen molar-refractivity contribution in [2.75, 3.05) is 31.2 Å². The van der Waals surface area contributed by atoms with Crippen LogP contribution in [-0.4, -0.2) is 30.9 Å². The summed E-state index contributed by atoms with van der Waals surface area (Å²) in [7, 11) is 2.08. The minimum Gasteiger partial charge on any atom is -0.378 e. The summed E-state index contributed by atoms with van der Waals surface area (Å²) >= 11 is 0. The first-order chi connectivity index (χ1) is 8.84. The molecule has 3 heteroatoms. The van der Waals surface area contributed by atoms with Gasteiger partial charge in [-0.25, -0.2) is 0 Å². The van der Waals surface area contributed by atoms with Crippen LogP contribution in [0.2, 0.25) is 0 Å². The molecule has 1 aliphatic rings. The quantitative estimate of drug-likeness (QED) is 0.805. The van der Waals surface area contributed by atoms with Crippen LogP contribution in [0.4, 0.5) is 5.69 Å². The van der Waals surface area contributed by atoms with E-state index in [2.05, 4.69) is 59.2 Å². The summed E-state index contributed by atoms with van der Waals surface area (Å²) in [6, 6.07) is 10.6. The van der Waals surface area contributed by atoms with Gasteiger partial charge in [-0.1, -0.05) is 30.3 Å². The Bertz CT molecular complexity index is 513. The van der Waals surface area contributed by atoms with Crippen LogP contribution in [0.1, 0.15) is 0 Å². The number of benzene rings is 1. The van der Waals surface area contributed by atoms with Crippen molar-refractivity contribution in [3.63, 3.8) is 0 Å². The van der Waals surface area contributed by atoms with Crippen molar-refractivity contribution >= 4 is 5.69 Å². The Balaban J connectivity index is 1.99. The third-order valence-electron chi connectivity index (χ3n) is 3.37. The molecule has 1 fully saturated rings. The highest BCUT2D eigenvalue weighted by molar-refractivity contribution is 5.78. The van der Waals surface area contributed by atoms with E-state index >= 15 is 0 Å². The van der Waals surface area contributed by atoms with Crippen molar-refractivity contribution in [2.45, 2.75) is 0 Å². The van der Waals surface area contributed by atoms with E-state index in [4.69, 9.17) is 4.74 Å². The van der Waals surface area contributed by atoms with Gasteiger partial charge in [-0.15, -0.1) is 0 Å². The van der Waals surface area contributed by atoms with Gasteiger partial charge in [0.05, 0.1) is 18.9 Å². The molecule has 1 saturated heterocycles. The Morgan fingerprint density at radius 1 is 1.00 bits per heavy atom. The Morgan fingerprint density at radius 3 is 2.44 bits per heavy atom. The summed E-state index contributed by atoms with van der Waals surface area (Å²) in [6.45, 7) is 3.60. The van der Waals surface area contributed by atoms with E-state index in [0.717, 1.165) is 26.3 Å². The smallest absolute Gasteiger partial charge is 0.0642 e. The molecule has 0 bridgehead atoms. The fraction of sp³-hybridized carbons (Fsp3) is 0.333. The maximum absolute atomic E-state index is 5.43. The molecule has 0 spiro atoms. The molecule has 0 unspecified atom stereocenters. The fourth-order valence-electron chi connectivity index (χ4n) is 2.47. The average Bonchev–Trinajstić information content (AvgIpc) is 2.83. The number of rotatable bonds is 2. The highest BCUT2D eigenvalue weighted by Gasteiger charge is 2.17. The van der Waals surface area contributed by atoms with E-state index in [9.17, 15) is 0 Å². The molecule has 1 aliphatic heterocycles. The van der Waals surface area contributed by atoms with Crippen molar-refractivity contribution in [1.29, 1.82) is 0 Å². The maximum Gasteiger partial charge on any atom is 0.0642 e. The van der Waals surface area contributed by atoms with Crippen LogP contribution < -0.4 is 4.90 Å². The zero-order valence-corrected chi connectivity index (χ0v) is 10.7. The first-order valence-electron chi connectivity index (χ1n) is 6.39. The van der Waals surface area contributed by atoms with Crippen LogP contribution in [0.5, 0.6) is 0 Å². The molecule has 0 N–H and O–H groups in total. The Kier molecular flexibility index (Phi) is 3.07. The van der Waals surface area contributed by atoms with E-state index in [-0.39, 0.29) is 0 Å². The second kappa shape index (κ2) is 4.86. The molecule has 0 atom stereocenters. The number of hydrogen-bond acceptors (Lipinski definition) is 2. The zero-order valence-electron chi connectivity index (χ0n) is 10.7. The van der Waals surface area contributed by atoms with Gasteiger partial charge >= 0.3 is 0 Å². The normalized spacial score (nSPS) is 15.9. The van der Waals surface area contributed by atoms with E-state index in [1.807, 2.05) is 0 Å². The monoisotopic (exact) mass is 242 g/mol. The SMILES string of the molecule is Cn1cc(-c2ccccc2)c(N2CCOCC2)c1. The predicted octanol–water partition coefficient (Wildman–Crippen LogP) is 2.53. The van der Waals surface area contributed by atoms with Crippen LogP contribution in [0, 0.1) is 0 Å². The molecule has 2 heterocycles. The van der Waals surface area contributed by atoms with Gasteiger partial charge in [-0.3, -0.25) is 0 Å². The van der Waals surface area contributed by atoms with Gasteiger partial charge in [0.1, 0.15) is 0 Å². The third-order valence-corrected chi connectivity index (χ3v) is 3.37. The number of morpholine rings is 1. The minimum atomic E-state index is 0.823. The largest absolute Gasteiger partial charge is 0.378 e. The summed E-state index contributed by atoms with van der Waals surface area (Å²) < 4.78 is 7.56. The van der Waals surface area contributed by atoms with E-state index in [0.29, 0.717) is 0 Å². The zero-order chi connectivity index (χ0) is 12.4. The number of hydrogen-bond donors (Lipinski definition) is 0. The van der Waals surface area contributed by atoms with Crippen molar-refractivity contribution < 1.29 is 4.74 Å². The molecule has 0 aliphatic carbocycles. The predicted molar refractivity (Wildman–Crippen MR) is 73.9 cm³/mol. The van der Waals surface area contributed by atoms with Gasteiger partial charge in [0.2, 0.25) is 0 Å². The van der Waals surface area contributed by atoms with Gasteiger partial charge in [0, 0.05) is 38.1 Å². The standard InChI is InChI=1S/C15H18N2O/c1-16-11-14(13-5-3-2-4-6-13)15(12-16)17-7-9-18-10-8-17/h2-6,11-12H,7-10H2,1H3. The van der Waals surface area contributed by atoms with E-state index in [1.54, 1.807) is 0 Å². The number of nitrogens with zero attached hydrogens (tertiary/aromatic N) is 2. The lowest BCUT2D eigenvalue weighted by Crippen LogP contribution is -2.36. The lowest BCUT2D eigenvalue weighted by molar-refractivity contribution is 0.123. The van der Waals surface area contributed by atoms with Gasteiger partial charge in [-0.05, 0) is 5.56 Å². The van der Waals surface area contributed by atoms with Crippen LogP contribution in [0.15, 0.2) is 42.7 Å². The lowest BCUT2D eigenvalue weighted by Gasteiger charge is -2.29. The summed E-state index contributed by atoms with van der Waals surface area (Å²) in [4.78, 5) is 2.41. The van der Waals surface area contributed by atoms with E-state index in [1.165, 1.54) is 16.8 Å². The highest BCUT2D eigenvalue weighted by Crippen LogP contribution is 2.32. The summed E-state index contributed by atoms with van der Waals surface area (Å²) in [6.07, 6.45) is 4.40. The number of aryl methyl sites for hydroxylation is 1. The van der Waals surface area contributed by atoms with Crippen molar-refractivity contribution in [2.24, 2.45) is 7.05 Å². The summed E-state index contributed by atoms with van der Waals surface area (Å²) in [5.41, 5.74) is 3.89. The van der Waals surface area contributed by atoms with Gasteiger partial charge < -0.3 is 14.2 Å². The number of aromatic nitrogens is 1. The Hall–Kier alpha value is -1.74. The van der Waals surface area contributed by atoms with Crippen molar-refractivity contribution in [1.82, 2.24) is 4.57 Å². The average molecular weight is 242 g/mol. The first-order valence-corrected chi connectivity index (χ1v) is 6.39. The van der Waals surface area contributed by atoms with Crippen LogP contribution >= 0.6 is 0 Å². The Labute approximate surface area is 108 Å². The molecule has 0 amide bonds. The van der Waals surface area contributed by atoms with Crippen LogP contribution in [0.25, 0.3) is 11.1 Å². The maximum atomic E-state index is 5.43. The second-order valence-corrected chi connectivity index (χ2v) is 4.69. The lowest BCUT2D eigenvalue weighted by atomic mass is 10.1. The number of anilines is 1. The van der Waals surface area contributed by atoms with E-state index < -0.39 is 0 Å². The number of ether oxygens (including phenoxy) is 1. The molecule has 3 rings (SSSR count). The molecule has 0 radical (unpaired) electrons. The highest BCUT2D eigenvalue weighted by atomic mass is 16.5.